The lowest BCUT2D eigenvalue weighted by atomic mass is 10.1. The molecule has 1 aromatic carbocycles. The summed E-state index contributed by atoms with van der Waals surface area (Å²) in [6, 6.07) is 3.84. The summed E-state index contributed by atoms with van der Waals surface area (Å²) >= 11 is 0. The number of hydrogen-bond acceptors (Lipinski definition) is 4. The van der Waals surface area contributed by atoms with Gasteiger partial charge < -0.3 is 15.1 Å². The van der Waals surface area contributed by atoms with Crippen LogP contribution in [0.2, 0.25) is 0 Å². The molecule has 0 aliphatic heterocycles. The zero-order valence-corrected chi connectivity index (χ0v) is 8.64. The Morgan fingerprint density at radius 1 is 1.33 bits per heavy atom. The minimum Gasteiger partial charge on any atom is -0.508 e. The maximum absolute atomic E-state index is 11.5. The molecule has 0 aliphatic carbocycles. The van der Waals surface area contributed by atoms with Crippen LogP contribution in [0.5, 0.6) is 11.5 Å². The fourth-order valence-corrected chi connectivity index (χ4v) is 1.03. The van der Waals surface area contributed by atoms with Crippen molar-refractivity contribution >= 4 is 5.78 Å². The quantitative estimate of drug-likeness (QED) is 0.446. The van der Waals surface area contributed by atoms with Gasteiger partial charge in [-0.25, -0.2) is 0 Å². The zero-order chi connectivity index (χ0) is 11.4. The third kappa shape index (κ3) is 3.02. The summed E-state index contributed by atoms with van der Waals surface area (Å²) in [7, 11) is 3.57. The highest BCUT2D eigenvalue weighted by Crippen LogP contribution is 2.22. The number of allylic oxidation sites excluding steroid dienone is 1. The first-order valence-electron chi connectivity index (χ1n) is 4.41. The van der Waals surface area contributed by atoms with Crippen LogP contribution in [0.1, 0.15) is 10.4 Å². The van der Waals surface area contributed by atoms with Crippen LogP contribution in [-0.4, -0.2) is 35.0 Å². The first-order valence-corrected chi connectivity index (χ1v) is 4.41. The summed E-state index contributed by atoms with van der Waals surface area (Å²) in [5.41, 5.74) is 0.0908. The van der Waals surface area contributed by atoms with E-state index in [0.29, 0.717) is 0 Å². The predicted octanol–water partition coefficient (Wildman–Crippen LogP) is 1.36. The van der Waals surface area contributed by atoms with Crippen molar-refractivity contribution in [2.45, 2.75) is 0 Å². The van der Waals surface area contributed by atoms with Crippen molar-refractivity contribution in [3.63, 3.8) is 0 Å². The van der Waals surface area contributed by atoms with Crippen LogP contribution >= 0.6 is 0 Å². The Morgan fingerprint density at radius 3 is 2.60 bits per heavy atom. The van der Waals surface area contributed by atoms with Crippen molar-refractivity contribution in [3.8, 4) is 11.5 Å². The molecule has 0 radical (unpaired) electrons. The molecular weight excluding hydrogens is 194 g/mol. The van der Waals surface area contributed by atoms with E-state index in [0.717, 1.165) is 0 Å². The Kier molecular flexibility index (Phi) is 3.33. The largest absolute Gasteiger partial charge is 0.508 e. The second-order valence-corrected chi connectivity index (χ2v) is 3.35. The van der Waals surface area contributed by atoms with E-state index in [2.05, 4.69) is 0 Å². The van der Waals surface area contributed by atoms with Gasteiger partial charge in [-0.15, -0.1) is 0 Å². The first-order chi connectivity index (χ1) is 7.00. The molecule has 4 heteroatoms. The summed E-state index contributed by atoms with van der Waals surface area (Å²) < 4.78 is 0. The third-order valence-corrected chi connectivity index (χ3v) is 1.77. The van der Waals surface area contributed by atoms with Crippen LogP contribution in [0, 0.1) is 0 Å². The fourth-order valence-electron chi connectivity index (χ4n) is 1.03. The van der Waals surface area contributed by atoms with Crippen LogP contribution in [-0.2, 0) is 0 Å². The van der Waals surface area contributed by atoms with Crippen molar-refractivity contribution in [2.75, 3.05) is 14.1 Å². The molecule has 0 unspecified atom stereocenters. The molecule has 1 aromatic rings. The Morgan fingerprint density at radius 2 is 2.00 bits per heavy atom. The Balaban J connectivity index is 2.96. The van der Waals surface area contributed by atoms with Gasteiger partial charge >= 0.3 is 0 Å². The maximum atomic E-state index is 11.5. The summed E-state index contributed by atoms with van der Waals surface area (Å²) in [4.78, 5) is 13.2. The minimum atomic E-state index is -0.350. The van der Waals surface area contributed by atoms with Gasteiger partial charge in [0.2, 0.25) is 0 Å². The van der Waals surface area contributed by atoms with Gasteiger partial charge in [-0.3, -0.25) is 4.79 Å². The molecule has 2 N–H and O–H groups in total. The molecule has 0 saturated heterocycles. The summed E-state index contributed by atoms with van der Waals surface area (Å²) in [6.45, 7) is 0. The zero-order valence-electron chi connectivity index (χ0n) is 8.64. The van der Waals surface area contributed by atoms with E-state index in [9.17, 15) is 9.90 Å². The lowest BCUT2D eigenvalue weighted by Gasteiger charge is -2.04. The topological polar surface area (TPSA) is 60.8 Å². The fraction of sp³-hybridized carbons (Fsp3) is 0.182. The summed E-state index contributed by atoms with van der Waals surface area (Å²) in [5, 5.41) is 18.6. The number of rotatable bonds is 3. The van der Waals surface area contributed by atoms with Crippen molar-refractivity contribution in [3.05, 3.63) is 36.0 Å². The van der Waals surface area contributed by atoms with Gasteiger partial charge in [-0.2, -0.15) is 0 Å². The number of nitrogens with zero attached hydrogens (tertiary/aromatic N) is 1. The van der Waals surface area contributed by atoms with E-state index in [1.165, 1.54) is 24.3 Å². The lowest BCUT2D eigenvalue weighted by molar-refractivity contribution is 0.104. The lowest BCUT2D eigenvalue weighted by Crippen LogP contribution is -2.03. The number of phenolic OH excluding ortho intramolecular Hbond substituents is 2. The minimum absolute atomic E-state index is 0.0468. The predicted molar refractivity (Wildman–Crippen MR) is 56.9 cm³/mol. The molecule has 0 atom stereocenters. The van der Waals surface area contributed by atoms with E-state index in [4.69, 9.17) is 5.11 Å². The van der Waals surface area contributed by atoms with Crippen molar-refractivity contribution in [2.24, 2.45) is 0 Å². The van der Waals surface area contributed by atoms with Gasteiger partial charge in [-0.1, -0.05) is 0 Å². The summed E-state index contributed by atoms with van der Waals surface area (Å²) in [5.74, 6) is -0.535. The van der Waals surface area contributed by atoms with Crippen molar-refractivity contribution < 1.29 is 15.0 Å². The second kappa shape index (κ2) is 4.50. The van der Waals surface area contributed by atoms with E-state index < -0.39 is 0 Å². The standard InChI is InChI=1S/C11H13NO3/c1-12(2)6-5-11(15)9-7-8(13)3-4-10(9)14/h3-7,13-14H,1-2H3/b6-5+. The average molecular weight is 207 g/mol. The SMILES string of the molecule is CN(C)/C=C/C(=O)c1cc(O)ccc1O. The van der Waals surface area contributed by atoms with E-state index >= 15 is 0 Å². The number of ketones is 1. The highest BCUT2D eigenvalue weighted by atomic mass is 16.3. The van der Waals surface area contributed by atoms with Crippen LogP contribution in [0.4, 0.5) is 0 Å². The maximum Gasteiger partial charge on any atom is 0.191 e. The number of benzene rings is 1. The Bertz CT molecular complexity index is 397. The molecule has 4 nitrogen and oxygen atoms in total. The molecule has 15 heavy (non-hydrogen) atoms. The molecule has 0 spiro atoms. The van der Waals surface area contributed by atoms with Crippen LogP contribution < -0.4 is 0 Å². The van der Waals surface area contributed by atoms with Gasteiger partial charge in [0.15, 0.2) is 5.78 Å². The molecule has 80 valence electrons. The molecule has 0 saturated carbocycles. The summed E-state index contributed by atoms with van der Waals surface area (Å²) in [6.07, 6.45) is 2.90. The molecule has 0 heterocycles. The van der Waals surface area contributed by atoms with Crippen LogP contribution in [0.15, 0.2) is 30.5 Å². The molecular formula is C11H13NO3. The molecule has 1 rings (SSSR count). The average Bonchev–Trinajstić information content (AvgIpc) is 2.18. The Labute approximate surface area is 88.1 Å². The van der Waals surface area contributed by atoms with Crippen molar-refractivity contribution in [1.82, 2.24) is 4.90 Å². The van der Waals surface area contributed by atoms with E-state index in [-0.39, 0.29) is 22.8 Å². The number of carbonyl (C=O) groups is 1. The van der Waals surface area contributed by atoms with Gasteiger partial charge in [0, 0.05) is 26.4 Å². The third-order valence-electron chi connectivity index (χ3n) is 1.77. The van der Waals surface area contributed by atoms with Crippen molar-refractivity contribution in [1.29, 1.82) is 0 Å². The first kappa shape index (κ1) is 11.1. The molecule has 0 amide bonds. The second-order valence-electron chi connectivity index (χ2n) is 3.35. The normalized spacial score (nSPS) is 10.5. The van der Waals surface area contributed by atoms with Gasteiger partial charge in [-0.05, 0) is 18.2 Å². The highest BCUT2D eigenvalue weighted by Gasteiger charge is 2.08. The monoisotopic (exact) mass is 207 g/mol. The van der Waals surface area contributed by atoms with E-state index in [1.807, 2.05) is 0 Å². The van der Waals surface area contributed by atoms with Gasteiger partial charge in [0.05, 0.1) is 5.56 Å². The number of aromatic hydroxyl groups is 2. The van der Waals surface area contributed by atoms with E-state index in [1.54, 1.807) is 25.2 Å². The molecule has 0 aromatic heterocycles. The number of carbonyl (C=O) groups excluding carboxylic acids is 1. The van der Waals surface area contributed by atoms with Crippen LogP contribution in [0.25, 0.3) is 0 Å². The molecule has 0 bridgehead atoms. The molecule has 0 aliphatic rings. The van der Waals surface area contributed by atoms with Gasteiger partial charge in [0.25, 0.3) is 0 Å². The smallest absolute Gasteiger partial charge is 0.191 e. The van der Waals surface area contributed by atoms with Crippen LogP contribution in [0.3, 0.4) is 0 Å². The molecule has 0 fully saturated rings. The van der Waals surface area contributed by atoms with Gasteiger partial charge in [0.1, 0.15) is 11.5 Å². The number of hydrogen-bond donors (Lipinski definition) is 2. The Hall–Kier alpha value is -1.97. The number of phenols is 2. The highest BCUT2D eigenvalue weighted by molar-refractivity contribution is 6.06.